The zero-order valence-corrected chi connectivity index (χ0v) is 20.2. The topological polar surface area (TPSA) is 91.0 Å². The van der Waals surface area contributed by atoms with Gasteiger partial charge in [-0.05, 0) is 43.7 Å². The number of pyridine rings is 1. The van der Waals surface area contributed by atoms with E-state index in [2.05, 4.69) is 19.7 Å². The smallest absolute Gasteiger partial charge is 0.356 e. The van der Waals surface area contributed by atoms with Crippen LogP contribution in [0.2, 0.25) is 5.02 Å². The zero-order valence-electron chi connectivity index (χ0n) is 19.4. The molecule has 0 atom stereocenters. The molecule has 0 aliphatic rings. The fourth-order valence-corrected chi connectivity index (χ4v) is 2.32. The second-order valence-electron chi connectivity index (χ2n) is 5.74. The number of hydrogen-bond acceptors (Lipinski definition) is 6. The van der Waals surface area contributed by atoms with E-state index < -0.39 is 5.97 Å². The van der Waals surface area contributed by atoms with Crippen LogP contribution in [-0.4, -0.2) is 28.0 Å². The van der Waals surface area contributed by atoms with Crippen molar-refractivity contribution < 1.29 is 9.53 Å². The Balaban J connectivity index is 0.000000867. The van der Waals surface area contributed by atoms with E-state index in [1.165, 1.54) is 13.2 Å². The maximum atomic E-state index is 11.5. The fraction of sp³-hybridized carbons (Fsp3) is 0.333. The number of carbonyl (C=O) groups is 1. The Morgan fingerprint density at radius 1 is 1.13 bits per heavy atom. The third-order valence-electron chi connectivity index (χ3n) is 3.63. The highest BCUT2D eigenvalue weighted by Gasteiger charge is 2.09. The average Bonchev–Trinajstić information content (AvgIpc) is 2.81. The average molecular weight is 445 g/mol. The molecule has 3 rings (SSSR count). The molecule has 168 valence electrons. The monoisotopic (exact) mass is 444 g/mol. The third-order valence-corrected chi connectivity index (χ3v) is 3.84. The van der Waals surface area contributed by atoms with Crippen molar-refractivity contribution in [1.82, 2.24) is 15.0 Å². The molecule has 0 aliphatic carbocycles. The van der Waals surface area contributed by atoms with Crippen molar-refractivity contribution in [2.45, 2.75) is 48.0 Å². The second kappa shape index (κ2) is 15.8. The van der Waals surface area contributed by atoms with Crippen molar-refractivity contribution in [2.75, 3.05) is 7.11 Å². The van der Waals surface area contributed by atoms with Crippen LogP contribution in [0.15, 0.2) is 54.5 Å². The highest BCUT2D eigenvalue weighted by atomic mass is 35.5. The predicted octanol–water partition coefficient (Wildman–Crippen LogP) is 5.98. The molecule has 0 fully saturated rings. The van der Waals surface area contributed by atoms with E-state index in [1.807, 2.05) is 71.9 Å². The number of benzene rings is 1. The van der Waals surface area contributed by atoms with Gasteiger partial charge in [0.05, 0.1) is 17.6 Å². The van der Waals surface area contributed by atoms with Crippen LogP contribution in [0.5, 0.6) is 0 Å². The molecular formula is C24H33ClN4O2. The van der Waals surface area contributed by atoms with Crippen LogP contribution in [-0.2, 0) is 11.2 Å². The Bertz CT molecular complexity index is 971. The number of halogens is 1. The minimum Gasteiger partial charge on any atom is -0.464 e. The van der Waals surface area contributed by atoms with E-state index in [9.17, 15) is 4.79 Å². The molecule has 7 heteroatoms. The summed E-state index contributed by atoms with van der Waals surface area (Å²) in [5, 5.41) is 1.54. The summed E-state index contributed by atoms with van der Waals surface area (Å²) in [6.45, 7) is 11.8. The first-order valence-electron chi connectivity index (χ1n) is 10.3. The lowest BCUT2D eigenvalue weighted by atomic mass is 10.1. The van der Waals surface area contributed by atoms with Gasteiger partial charge < -0.3 is 10.5 Å². The van der Waals surface area contributed by atoms with Gasteiger partial charge >= 0.3 is 5.97 Å². The lowest BCUT2D eigenvalue weighted by molar-refractivity contribution is 0.0593. The van der Waals surface area contributed by atoms with Crippen LogP contribution in [0.25, 0.3) is 10.9 Å². The standard InChI is InChI=1S/C16H12ClN3O2.C4H9N.2C2H6/c1-22-16(21)14-4-5-18-15(20-14)7-10-2-3-13-11(6-10)8-12(17)9-19-13;1-3-4(2)5;2*1-2/h2-6,8-9H,7H2,1H3;3H,5H2,1-2H3;2*1-2H3/b;4-3+;;. The van der Waals surface area contributed by atoms with Gasteiger partial charge in [-0.3, -0.25) is 4.98 Å². The molecule has 2 aromatic heterocycles. The van der Waals surface area contributed by atoms with E-state index in [1.54, 1.807) is 12.4 Å². The van der Waals surface area contributed by atoms with Crippen LogP contribution in [0.4, 0.5) is 0 Å². The first-order valence-corrected chi connectivity index (χ1v) is 10.6. The van der Waals surface area contributed by atoms with Crippen molar-refractivity contribution >= 4 is 28.5 Å². The second-order valence-corrected chi connectivity index (χ2v) is 6.18. The molecule has 0 saturated carbocycles. The molecule has 0 bridgehead atoms. The van der Waals surface area contributed by atoms with E-state index >= 15 is 0 Å². The molecule has 0 unspecified atom stereocenters. The summed E-state index contributed by atoms with van der Waals surface area (Å²) in [7, 11) is 1.32. The summed E-state index contributed by atoms with van der Waals surface area (Å²) in [5.74, 6) is 0.0791. The number of aromatic nitrogens is 3. The van der Waals surface area contributed by atoms with E-state index in [0.29, 0.717) is 17.3 Å². The molecule has 31 heavy (non-hydrogen) atoms. The molecule has 1 aromatic carbocycles. The van der Waals surface area contributed by atoms with Gasteiger partial charge in [0.25, 0.3) is 0 Å². The molecule has 0 saturated heterocycles. The van der Waals surface area contributed by atoms with Gasteiger partial charge in [-0.25, -0.2) is 14.8 Å². The zero-order chi connectivity index (χ0) is 23.8. The Hall–Kier alpha value is -2.99. The van der Waals surface area contributed by atoms with E-state index in [0.717, 1.165) is 22.2 Å². The largest absolute Gasteiger partial charge is 0.464 e. The Morgan fingerprint density at radius 2 is 1.77 bits per heavy atom. The minimum absolute atomic E-state index is 0.248. The maximum Gasteiger partial charge on any atom is 0.356 e. The van der Waals surface area contributed by atoms with Gasteiger partial charge in [-0.15, -0.1) is 0 Å². The maximum absolute atomic E-state index is 11.5. The van der Waals surface area contributed by atoms with Crippen LogP contribution in [0.1, 0.15) is 63.4 Å². The van der Waals surface area contributed by atoms with Crippen molar-refractivity contribution in [3.8, 4) is 0 Å². The summed E-state index contributed by atoms with van der Waals surface area (Å²) in [6.07, 6.45) is 5.54. The molecule has 2 heterocycles. The third kappa shape index (κ3) is 10.0. The molecular weight excluding hydrogens is 412 g/mol. The highest BCUT2D eigenvalue weighted by molar-refractivity contribution is 6.31. The van der Waals surface area contributed by atoms with Crippen LogP contribution >= 0.6 is 11.6 Å². The quantitative estimate of drug-likeness (QED) is 0.500. The first-order chi connectivity index (χ1) is 14.9. The van der Waals surface area contributed by atoms with Gasteiger partial charge in [0, 0.05) is 29.9 Å². The van der Waals surface area contributed by atoms with E-state index in [-0.39, 0.29) is 5.69 Å². The summed E-state index contributed by atoms with van der Waals surface area (Å²) in [6, 6.07) is 9.25. The van der Waals surface area contributed by atoms with Gasteiger partial charge in [-0.2, -0.15) is 0 Å². The number of fused-ring (bicyclic) bond motifs is 1. The molecule has 0 amide bonds. The van der Waals surface area contributed by atoms with Gasteiger partial charge in [-0.1, -0.05) is 51.4 Å². The number of rotatable bonds is 3. The molecule has 6 nitrogen and oxygen atoms in total. The molecule has 0 radical (unpaired) electrons. The Labute approximate surface area is 190 Å². The lowest BCUT2D eigenvalue weighted by Gasteiger charge is -2.04. The van der Waals surface area contributed by atoms with Crippen molar-refractivity contribution in [2.24, 2.45) is 5.73 Å². The van der Waals surface area contributed by atoms with Gasteiger partial charge in [0.1, 0.15) is 5.82 Å². The normalized spacial score (nSPS) is 9.87. The molecule has 2 N–H and O–H groups in total. The number of carbonyl (C=O) groups excluding carboxylic acids is 1. The number of methoxy groups -OCH3 is 1. The van der Waals surface area contributed by atoms with Crippen LogP contribution in [0.3, 0.4) is 0 Å². The number of nitrogens with two attached hydrogens (primary N) is 1. The summed E-state index contributed by atoms with van der Waals surface area (Å²) in [5.41, 5.74) is 8.17. The predicted molar refractivity (Wildman–Crippen MR) is 129 cm³/mol. The Morgan fingerprint density at radius 3 is 2.35 bits per heavy atom. The summed E-state index contributed by atoms with van der Waals surface area (Å²) >= 11 is 5.96. The minimum atomic E-state index is -0.474. The Kier molecular flexibility index (Phi) is 14.3. The fourth-order valence-electron chi connectivity index (χ4n) is 2.15. The number of hydrogen-bond donors (Lipinski definition) is 1. The van der Waals surface area contributed by atoms with Crippen molar-refractivity contribution in [1.29, 1.82) is 0 Å². The first kappa shape index (κ1) is 28.0. The number of esters is 1. The summed E-state index contributed by atoms with van der Waals surface area (Å²) < 4.78 is 4.66. The van der Waals surface area contributed by atoms with E-state index in [4.69, 9.17) is 17.3 Å². The van der Waals surface area contributed by atoms with Gasteiger partial charge in [0.15, 0.2) is 5.69 Å². The lowest BCUT2D eigenvalue weighted by Crippen LogP contribution is -2.07. The SMILES string of the molecule is C/C=C(\C)N.CC.CC.COC(=O)c1ccnc(Cc2ccc3ncc(Cl)cc3c2)n1. The number of nitrogens with zero attached hydrogens (tertiary/aromatic N) is 3. The number of allylic oxidation sites excluding steroid dienone is 2. The summed E-state index contributed by atoms with van der Waals surface area (Å²) in [4.78, 5) is 24.1. The van der Waals surface area contributed by atoms with Crippen LogP contribution in [0, 0.1) is 0 Å². The van der Waals surface area contributed by atoms with Crippen molar-refractivity contribution in [3.05, 3.63) is 76.6 Å². The number of ether oxygens (including phenoxy) is 1. The van der Waals surface area contributed by atoms with Crippen molar-refractivity contribution in [3.63, 3.8) is 0 Å². The van der Waals surface area contributed by atoms with Crippen LogP contribution < -0.4 is 5.73 Å². The molecule has 3 aromatic rings. The van der Waals surface area contributed by atoms with Gasteiger partial charge in [0.2, 0.25) is 0 Å². The molecule has 0 aliphatic heterocycles. The molecule has 0 spiro atoms. The highest BCUT2D eigenvalue weighted by Crippen LogP contribution is 2.19.